The molecule has 1 N–H and O–H groups in total. The molecule has 0 aliphatic rings. The molecule has 0 fully saturated rings. The fourth-order valence-electron chi connectivity index (χ4n) is 1.33. The smallest absolute Gasteiger partial charge is 0.148 e. The maximum absolute atomic E-state index is 5.72. The summed E-state index contributed by atoms with van der Waals surface area (Å²) in [6.07, 6.45) is 1.65. The van der Waals surface area contributed by atoms with Crippen molar-refractivity contribution < 1.29 is 0 Å². The average Bonchev–Trinajstić information content (AvgIpc) is 2.38. The molecule has 4 heteroatoms. The van der Waals surface area contributed by atoms with Gasteiger partial charge in [-0.25, -0.2) is 0 Å². The van der Waals surface area contributed by atoms with Gasteiger partial charge in [0.05, 0.1) is 0 Å². The predicted molar refractivity (Wildman–Crippen MR) is 65.4 cm³/mol. The third kappa shape index (κ3) is 2.94. The fraction of sp³-hybridized carbons (Fsp3) is 0.167. The molecule has 2 aromatic rings. The highest BCUT2D eigenvalue weighted by Crippen LogP contribution is 2.08. The van der Waals surface area contributed by atoms with Crippen LogP contribution in [0.25, 0.3) is 0 Å². The van der Waals surface area contributed by atoms with Crippen molar-refractivity contribution in [3.05, 3.63) is 53.7 Å². The van der Waals surface area contributed by atoms with E-state index in [-0.39, 0.29) is 0 Å². The van der Waals surface area contributed by atoms with Crippen molar-refractivity contribution in [2.45, 2.75) is 12.4 Å². The van der Waals surface area contributed by atoms with Gasteiger partial charge in [-0.3, -0.25) is 0 Å². The number of rotatable bonds is 4. The summed E-state index contributed by atoms with van der Waals surface area (Å²) in [6, 6.07) is 11.9. The van der Waals surface area contributed by atoms with E-state index in [1.165, 1.54) is 5.56 Å². The van der Waals surface area contributed by atoms with Crippen molar-refractivity contribution in [1.82, 2.24) is 10.2 Å². The molecule has 1 heterocycles. The molecule has 0 unspecified atom stereocenters. The monoisotopic (exact) mass is 233 g/mol. The molecule has 16 heavy (non-hydrogen) atoms. The lowest BCUT2D eigenvalue weighted by Gasteiger charge is -2.05. The zero-order valence-electron chi connectivity index (χ0n) is 8.73. The number of benzene rings is 1. The summed E-state index contributed by atoms with van der Waals surface area (Å²) in [5.74, 6) is 1.33. The van der Waals surface area contributed by atoms with Crippen molar-refractivity contribution >= 4 is 17.4 Å². The van der Waals surface area contributed by atoms with E-state index in [2.05, 4.69) is 27.6 Å². The molecule has 0 saturated heterocycles. The predicted octanol–water partition coefficient (Wildman–Crippen LogP) is 2.83. The topological polar surface area (TPSA) is 37.8 Å². The number of hydrogen-bond donors (Lipinski definition) is 1. The van der Waals surface area contributed by atoms with Gasteiger partial charge in [0.25, 0.3) is 0 Å². The van der Waals surface area contributed by atoms with Crippen molar-refractivity contribution in [3.8, 4) is 0 Å². The lowest BCUT2D eigenvalue weighted by molar-refractivity contribution is 1.000. The molecule has 2 rings (SSSR count). The van der Waals surface area contributed by atoms with Crippen LogP contribution < -0.4 is 5.32 Å². The van der Waals surface area contributed by atoms with Crippen LogP contribution in [0, 0.1) is 0 Å². The van der Waals surface area contributed by atoms with Gasteiger partial charge in [0.2, 0.25) is 0 Å². The van der Waals surface area contributed by atoms with Gasteiger partial charge in [0.1, 0.15) is 5.82 Å². The van der Waals surface area contributed by atoms with E-state index in [9.17, 15) is 0 Å². The Morgan fingerprint density at radius 1 is 1.06 bits per heavy atom. The molecule has 0 atom stereocenters. The van der Waals surface area contributed by atoms with Crippen molar-refractivity contribution in [1.29, 1.82) is 0 Å². The highest BCUT2D eigenvalue weighted by Gasteiger charge is 1.95. The van der Waals surface area contributed by atoms with Crippen LogP contribution in [0.15, 0.2) is 42.6 Å². The summed E-state index contributed by atoms with van der Waals surface area (Å²) >= 11 is 5.72. The molecule has 0 aliphatic heterocycles. The molecular formula is C12H12ClN3. The molecule has 0 amide bonds. The Hall–Kier alpha value is -1.61. The molecule has 0 radical (unpaired) electrons. The second-order valence-electron chi connectivity index (χ2n) is 3.41. The summed E-state index contributed by atoms with van der Waals surface area (Å²) in [7, 11) is 0. The van der Waals surface area contributed by atoms with Gasteiger partial charge >= 0.3 is 0 Å². The first-order valence-electron chi connectivity index (χ1n) is 5.04. The van der Waals surface area contributed by atoms with Crippen molar-refractivity contribution in [3.63, 3.8) is 0 Å². The molecule has 0 spiro atoms. The van der Waals surface area contributed by atoms with Gasteiger partial charge in [0, 0.05) is 18.6 Å². The first kappa shape index (κ1) is 10.9. The zero-order chi connectivity index (χ0) is 11.2. The van der Waals surface area contributed by atoms with Crippen LogP contribution in [0.3, 0.4) is 0 Å². The molecule has 0 aliphatic carbocycles. The SMILES string of the molecule is ClCc1ccc(CNc2cccnn2)cc1. The van der Waals surface area contributed by atoms with Crippen LogP contribution in [-0.2, 0) is 12.4 Å². The quantitative estimate of drug-likeness (QED) is 0.826. The van der Waals surface area contributed by atoms with Crippen molar-refractivity contribution in [2.24, 2.45) is 0 Å². The Balaban J connectivity index is 1.94. The van der Waals surface area contributed by atoms with E-state index >= 15 is 0 Å². The number of halogens is 1. The highest BCUT2D eigenvalue weighted by molar-refractivity contribution is 6.17. The first-order chi connectivity index (χ1) is 7.88. The van der Waals surface area contributed by atoms with Crippen LogP contribution in [-0.4, -0.2) is 10.2 Å². The Kier molecular flexibility index (Phi) is 3.72. The van der Waals surface area contributed by atoms with E-state index < -0.39 is 0 Å². The van der Waals surface area contributed by atoms with Crippen LogP contribution in [0.5, 0.6) is 0 Å². The average molecular weight is 234 g/mol. The van der Waals surface area contributed by atoms with E-state index in [1.54, 1.807) is 6.20 Å². The summed E-state index contributed by atoms with van der Waals surface area (Å²) in [5, 5.41) is 10.9. The Morgan fingerprint density at radius 3 is 2.44 bits per heavy atom. The van der Waals surface area contributed by atoms with Gasteiger partial charge < -0.3 is 5.32 Å². The summed E-state index contributed by atoms with van der Waals surface area (Å²) in [4.78, 5) is 0. The second kappa shape index (κ2) is 5.47. The minimum absolute atomic E-state index is 0.553. The second-order valence-corrected chi connectivity index (χ2v) is 3.68. The zero-order valence-corrected chi connectivity index (χ0v) is 9.48. The molecule has 0 bridgehead atoms. The molecule has 0 saturated carbocycles. The fourth-order valence-corrected chi connectivity index (χ4v) is 1.51. The van der Waals surface area contributed by atoms with E-state index in [0.29, 0.717) is 5.88 Å². The van der Waals surface area contributed by atoms with Crippen LogP contribution in [0.1, 0.15) is 11.1 Å². The van der Waals surface area contributed by atoms with Gasteiger partial charge in [-0.15, -0.1) is 16.7 Å². The number of anilines is 1. The Bertz CT molecular complexity index is 428. The van der Waals surface area contributed by atoms with Crippen LogP contribution in [0.4, 0.5) is 5.82 Å². The summed E-state index contributed by atoms with van der Waals surface area (Å²) < 4.78 is 0. The number of alkyl halides is 1. The van der Waals surface area contributed by atoms with E-state index in [1.807, 2.05) is 24.3 Å². The van der Waals surface area contributed by atoms with Gasteiger partial charge in [-0.1, -0.05) is 24.3 Å². The largest absolute Gasteiger partial charge is 0.365 e. The summed E-state index contributed by atoms with van der Waals surface area (Å²) in [5.41, 5.74) is 2.32. The first-order valence-corrected chi connectivity index (χ1v) is 5.57. The van der Waals surface area contributed by atoms with Gasteiger partial charge in [-0.05, 0) is 23.3 Å². The molecule has 1 aromatic carbocycles. The lowest BCUT2D eigenvalue weighted by atomic mass is 10.1. The minimum atomic E-state index is 0.553. The third-order valence-corrected chi connectivity index (χ3v) is 2.53. The molecule has 1 aromatic heterocycles. The standard InChI is InChI=1S/C12H12ClN3/c13-8-10-3-5-11(6-4-10)9-14-12-2-1-7-15-16-12/h1-7H,8-9H2,(H,14,16). The normalized spacial score (nSPS) is 10.1. The van der Waals surface area contributed by atoms with E-state index in [0.717, 1.165) is 17.9 Å². The number of hydrogen-bond acceptors (Lipinski definition) is 3. The van der Waals surface area contributed by atoms with E-state index in [4.69, 9.17) is 11.6 Å². The Labute approximate surface area is 99.5 Å². The third-order valence-electron chi connectivity index (χ3n) is 2.22. The highest BCUT2D eigenvalue weighted by atomic mass is 35.5. The van der Waals surface area contributed by atoms with Crippen molar-refractivity contribution in [2.75, 3.05) is 5.32 Å². The number of nitrogens with zero attached hydrogens (tertiary/aromatic N) is 2. The number of aromatic nitrogens is 2. The molecule has 82 valence electrons. The van der Waals surface area contributed by atoms with Gasteiger partial charge in [-0.2, -0.15) is 5.10 Å². The molecular weight excluding hydrogens is 222 g/mol. The lowest BCUT2D eigenvalue weighted by Crippen LogP contribution is -2.01. The maximum atomic E-state index is 5.72. The Morgan fingerprint density at radius 2 is 1.81 bits per heavy atom. The minimum Gasteiger partial charge on any atom is -0.365 e. The van der Waals surface area contributed by atoms with Crippen LogP contribution >= 0.6 is 11.6 Å². The maximum Gasteiger partial charge on any atom is 0.148 e. The van der Waals surface area contributed by atoms with Crippen LogP contribution in [0.2, 0.25) is 0 Å². The number of nitrogens with one attached hydrogen (secondary N) is 1. The van der Waals surface area contributed by atoms with Gasteiger partial charge in [0.15, 0.2) is 0 Å². The summed E-state index contributed by atoms with van der Waals surface area (Å²) in [6.45, 7) is 0.737. The molecule has 3 nitrogen and oxygen atoms in total.